The molecular formula is C9H14FN3O2S. The van der Waals surface area contributed by atoms with Crippen LogP contribution in [0.5, 0.6) is 0 Å². The van der Waals surface area contributed by atoms with Crippen LogP contribution in [0.4, 0.5) is 15.8 Å². The molecule has 1 aromatic rings. The summed E-state index contributed by atoms with van der Waals surface area (Å²) in [7, 11) is -3.71. The third-order valence-corrected chi connectivity index (χ3v) is 2.85. The summed E-state index contributed by atoms with van der Waals surface area (Å²) in [6.45, 7) is 2.12. The third-order valence-electron chi connectivity index (χ3n) is 1.78. The van der Waals surface area contributed by atoms with Gasteiger partial charge in [-0.3, -0.25) is 4.72 Å². The minimum atomic E-state index is -3.71. The van der Waals surface area contributed by atoms with E-state index in [1.165, 1.54) is 12.1 Å². The fourth-order valence-electron chi connectivity index (χ4n) is 1.03. The number of rotatable bonds is 5. The first-order valence-electron chi connectivity index (χ1n) is 4.77. The summed E-state index contributed by atoms with van der Waals surface area (Å²) in [5, 5.41) is 0. The van der Waals surface area contributed by atoms with Crippen molar-refractivity contribution < 1.29 is 12.8 Å². The van der Waals surface area contributed by atoms with Gasteiger partial charge in [0, 0.05) is 12.2 Å². The Bertz CT molecular complexity index is 462. The zero-order valence-corrected chi connectivity index (χ0v) is 9.64. The molecule has 4 N–H and O–H groups in total. The highest BCUT2D eigenvalue weighted by molar-refractivity contribution is 7.90. The van der Waals surface area contributed by atoms with Crippen molar-refractivity contribution in [3.05, 3.63) is 24.0 Å². The van der Waals surface area contributed by atoms with Crippen molar-refractivity contribution in [2.75, 3.05) is 17.0 Å². The first kappa shape index (κ1) is 12.7. The van der Waals surface area contributed by atoms with Crippen molar-refractivity contribution in [2.24, 2.45) is 0 Å². The Morgan fingerprint density at radius 2 is 2.12 bits per heavy atom. The quantitative estimate of drug-likeness (QED) is 0.680. The van der Waals surface area contributed by atoms with Gasteiger partial charge in [0.05, 0.1) is 5.69 Å². The van der Waals surface area contributed by atoms with Crippen LogP contribution in [0.1, 0.15) is 13.3 Å². The third kappa shape index (κ3) is 3.67. The fraction of sp³-hybridized carbons (Fsp3) is 0.333. The van der Waals surface area contributed by atoms with E-state index in [9.17, 15) is 12.8 Å². The van der Waals surface area contributed by atoms with Crippen molar-refractivity contribution in [3.63, 3.8) is 0 Å². The van der Waals surface area contributed by atoms with Crippen LogP contribution in [0.2, 0.25) is 0 Å². The molecule has 0 saturated carbocycles. The van der Waals surface area contributed by atoms with Gasteiger partial charge in [-0.1, -0.05) is 6.92 Å². The minimum absolute atomic E-state index is 0.127. The largest absolute Gasteiger partial charge is 0.399 e. The Kier molecular flexibility index (Phi) is 4.08. The molecule has 0 bridgehead atoms. The van der Waals surface area contributed by atoms with Crippen LogP contribution < -0.4 is 15.2 Å². The summed E-state index contributed by atoms with van der Waals surface area (Å²) in [4.78, 5) is 0. The molecule has 16 heavy (non-hydrogen) atoms. The summed E-state index contributed by atoms with van der Waals surface area (Å²) < 4.78 is 40.4. The van der Waals surface area contributed by atoms with Gasteiger partial charge in [-0.25, -0.2) is 4.39 Å². The summed E-state index contributed by atoms with van der Waals surface area (Å²) in [5.74, 6) is -0.707. The van der Waals surface area contributed by atoms with Gasteiger partial charge in [0.2, 0.25) is 0 Å². The highest BCUT2D eigenvalue weighted by Gasteiger charge is 2.11. The molecule has 5 nitrogen and oxygen atoms in total. The van der Waals surface area contributed by atoms with Crippen LogP contribution in [0.3, 0.4) is 0 Å². The van der Waals surface area contributed by atoms with Crippen molar-refractivity contribution in [1.29, 1.82) is 0 Å². The van der Waals surface area contributed by atoms with E-state index < -0.39 is 16.0 Å². The second-order valence-corrected chi connectivity index (χ2v) is 4.74. The highest BCUT2D eigenvalue weighted by Crippen LogP contribution is 2.17. The van der Waals surface area contributed by atoms with E-state index >= 15 is 0 Å². The van der Waals surface area contributed by atoms with E-state index in [0.29, 0.717) is 13.0 Å². The van der Waals surface area contributed by atoms with Gasteiger partial charge < -0.3 is 5.73 Å². The molecule has 0 atom stereocenters. The first-order valence-corrected chi connectivity index (χ1v) is 6.25. The van der Waals surface area contributed by atoms with Crippen molar-refractivity contribution in [1.82, 2.24) is 4.72 Å². The van der Waals surface area contributed by atoms with Gasteiger partial charge in [-0.2, -0.15) is 13.1 Å². The average Bonchev–Trinajstić information content (AvgIpc) is 2.19. The molecule has 0 amide bonds. The number of hydrogen-bond acceptors (Lipinski definition) is 3. The zero-order chi connectivity index (χ0) is 12.2. The molecule has 0 aliphatic heterocycles. The molecule has 0 radical (unpaired) electrons. The fourth-order valence-corrected chi connectivity index (χ4v) is 2.03. The maximum Gasteiger partial charge on any atom is 0.299 e. The predicted octanol–water partition coefficient (Wildman–Crippen LogP) is 1.06. The highest BCUT2D eigenvalue weighted by atomic mass is 32.2. The Balaban J connectivity index is 2.80. The molecule has 1 aromatic carbocycles. The topological polar surface area (TPSA) is 84.2 Å². The molecule has 0 fully saturated rings. The maximum atomic E-state index is 13.3. The van der Waals surface area contributed by atoms with E-state index in [1.807, 2.05) is 6.92 Å². The molecule has 1 rings (SSSR count). The number of halogens is 1. The number of hydrogen-bond donors (Lipinski definition) is 3. The van der Waals surface area contributed by atoms with Crippen molar-refractivity contribution in [3.8, 4) is 0 Å². The predicted molar refractivity (Wildman–Crippen MR) is 61.6 cm³/mol. The number of nitrogen functional groups attached to an aromatic ring is 1. The SMILES string of the molecule is CCCNS(=O)(=O)Nc1ccc(N)cc1F. The van der Waals surface area contributed by atoms with Gasteiger partial charge in [-0.05, 0) is 24.6 Å². The van der Waals surface area contributed by atoms with Gasteiger partial charge in [0.25, 0.3) is 10.2 Å². The van der Waals surface area contributed by atoms with E-state index in [1.54, 1.807) is 0 Å². The lowest BCUT2D eigenvalue weighted by atomic mass is 10.3. The lowest BCUT2D eigenvalue weighted by molar-refractivity contribution is 0.584. The molecule has 90 valence electrons. The monoisotopic (exact) mass is 247 g/mol. The summed E-state index contributed by atoms with van der Waals surface area (Å²) in [5.41, 5.74) is 5.45. The Morgan fingerprint density at radius 3 is 2.69 bits per heavy atom. The van der Waals surface area contributed by atoms with Gasteiger partial charge in [0.15, 0.2) is 0 Å². The normalized spacial score (nSPS) is 11.4. The van der Waals surface area contributed by atoms with E-state index in [4.69, 9.17) is 5.73 Å². The van der Waals surface area contributed by atoms with Crippen LogP contribution in [0.15, 0.2) is 18.2 Å². The number of benzene rings is 1. The molecule has 0 heterocycles. The molecule has 0 spiro atoms. The average molecular weight is 247 g/mol. The molecule has 0 aromatic heterocycles. The smallest absolute Gasteiger partial charge is 0.299 e. The van der Waals surface area contributed by atoms with Gasteiger partial charge in [0.1, 0.15) is 5.82 Å². The molecule has 0 unspecified atom stereocenters. The molecule has 0 aliphatic carbocycles. The molecular weight excluding hydrogens is 233 g/mol. The van der Waals surface area contributed by atoms with Gasteiger partial charge >= 0.3 is 0 Å². The Hall–Kier alpha value is -1.34. The summed E-state index contributed by atoms with van der Waals surface area (Å²) in [6.07, 6.45) is 0.658. The Morgan fingerprint density at radius 1 is 1.44 bits per heavy atom. The summed E-state index contributed by atoms with van der Waals surface area (Å²) >= 11 is 0. The van der Waals surface area contributed by atoms with E-state index in [-0.39, 0.29) is 11.4 Å². The number of anilines is 2. The van der Waals surface area contributed by atoms with Crippen LogP contribution in [0, 0.1) is 5.82 Å². The minimum Gasteiger partial charge on any atom is -0.399 e. The lowest BCUT2D eigenvalue weighted by Crippen LogP contribution is -2.30. The molecule has 0 saturated heterocycles. The number of nitrogens with two attached hydrogens (primary N) is 1. The van der Waals surface area contributed by atoms with Crippen molar-refractivity contribution >= 4 is 21.6 Å². The zero-order valence-electron chi connectivity index (χ0n) is 8.83. The second kappa shape index (κ2) is 5.13. The van der Waals surface area contributed by atoms with E-state index in [0.717, 1.165) is 6.07 Å². The molecule has 0 aliphatic rings. The molecule has 7 heteroatoms. The van der Waals surface area contributed by atoms with Crippen LogP contribution >= 0.6 is 0 Å². The maximum absolute atomic E-state index is 13.3. The van der Waals surface area contributed by atoms with Crippen LogP contribution in [-0.2, 0) is 10.2 Å². The van der Waals surface area contributed by atoms with Gasteiger partial charge in [-0.15, -0.1) is 0 Å². The standard InChI is InChI=1S/C9H14FN3O2S/c1-2-5-12-16(14,15)13-9-4-3-7(11)6-8(9)10/h3-4,6,12-13H,2,5,11H2,1H3. The Labute approximate surface area is 94.0 Å². The van der Waals surface area contributed by atoms with Crippen LogP contribution in [-0.4, -0.2) is 15.0 Å². The number of nitrogens with one attached hydrogen (secondary N) is 2. The lowest BCUT2D eigenvalue weighted by Gasteiger charge is -2.09. The second-order valence-electron chi connectivity index (χ2n) is 3.24. The summed E-state index contributed by atoms with van der Waals surface area (Å²) in [6, 6.07) is 3.74. The van der Waals surface area contributed by atoms with Crippen molar-refractivity contribution in [2.45, 2.75) is 13.3 Å². The first-order chi connectivity index (χ1) is 7.44. The van der Waals surface area contributed by atoms with Crippen LogP contribution in [0.25, 0.3) is 0 Å². The van der Waals surface area contributed by atoms with E-state index in [2.05, 4.69) is 9.44 Å².